The molecule has 0 aliphatic carbocycles. The molecule has 3 aromatic carbocycles. The first-order valence-electron chi connectivity index (χ1n) is 10.6. The first-order valence-corrected chi connectivity index (χ1v) is 10.6. The second kappa shape index (κ2) is 7.79. The van der Waals surface area contributed by atoms with Gasteiger partial charge in [0.2, 0.25) is 0 Å². The highest BCUT2D eigenvalue weighted by Gasteiger charge is 2.14. The number of hydrogen-bond acceptors (Lipinski definition) is 2. The summed E-state index contributed by atoms with van der Waals surface area (Å²) in [4.78, 5) is 4.65. The zero-order chi connectivity index (χ0) is 20.5. The van der Waals surface area contributed by atoms with Crippen LogP contribution in [-0.2, 0) is 12.8 Å². The molecule has 5 aromatic rings. The van der Waals surface area contributed by atoms with E-state index in [0.717, 1.165) is 40.7 Å². The van der Waals surface area contributed by atoms with Crippen molar-refractivity contribution in [3.05, 3.63) is 102 Å². The second-order valence-electron chi connectivity index (χ2n) is 8.42. The van der Waals surface area contributed by atoms with Gasteiger partial charge in [-0.05, 0) is 65.8 Å². The molecule has 148 valence electrons. The molecule has 0 bridgehead atoms. The third kappa shape index (κ3) is 3.61. The van der Waals surface area contributed by atoms with Gasteiger partial charge in [0, 0.05) is 22.5 Å². The molecule has 2 aromatic heterocycles. The minimum atomic E-state index is 0.616. The van der Waals surface area contributed by atoms with Gasteiger partial charge in [0.15, 0.2) is 0 Å². The topological polar surface area (TPSA) is 26.0 Å². The molecule has 0 saturated heterocycles. The summed E-state index contributed by atoms with van der Waals surface area (Å²) in [6, 6.07) is 27.8. The Hall–Kier alpha value is -3.39. The molecule has 0 aliphatic heterocycles. The predicted molar refractivity (Wildman–Crippen MR) is 125 cm³/mol. The van der Waals surface area contributed by atoms with Crippen molar-refractivity contribution >= 4 is 21.9 Å². The molecule has 30 heavy (non-hydrogen) atoms. The fraction of sp³-hybridized carbons (Fsp3) is 0.179. The molecular formula is C28H25NO. The van der Waals surface area contributed by atoms with Gasteiger partial charge in [-0.3, -0.25) is 4.98 Å². The molecule has 0 aliphatic rings. The molecule has 0 saturated carbocycles. The summed E-state index contributed by atoms with van der Waals surface area (Å²) in [7, 11) is 0. The van der Waals surface area contributed by atoms with Crippen molar-refractivity contribution in [3.63, 3.8) is 0 Å². The van der Waals surface area contributed by atoms with Crippen molar-refractivity contribution in [2.45, 2.75) is 26.7 Å². The lowest BCUT2D eigenvalue weighted by Crippen LogP contribution is -1.95. The molecule has 0 amide bonds. The summed E-state index contributed by atoms with van der Waals surface area (Å²) in [6.45, 7) is 4.49. The molecule has 2 nitrogen and oxygen atoms in total. The smallest absolute Gasteiger partial charge is 0.144 e. The van der Waals surface area contributed by atoms with E-state index in [1.807, 2.05) is 6.20 Å². The summed E-state index contributed by atoms with van der Waals surface area (Å²) in [5.74, 6) is 0.616. The molecule has 0 N–H and O–H groups in total. The molecule has 0 unspecified atom stereocenters. The first-order chi connectivity index (χ1) is 14.7. The highest BCUT2D eigenvalue weighted by atomic mass is 16.3. The first kappa shape index (κ1) is 18.6. The van der Waals surface area contributed by atoms with Gasteiger partial charge in [0.1, 0.15) is 11.2 Å². The standard InChI is InChI=1S/C28H25NO/c1-19(2)15-22-13-14-29-26(18-22)24-10-6-9-23-25-17-21(11-12-27(25)30-28(23)24)16-20-7-4-3-5-8-20/h3-14,17-19H,15-16H2,1-2H3. The average molecular weight is 392 g/mol. The number of pyridine rings is 1. The van der Waals surface area contributed by atoms with E-state index < -0.39 is 0 Å². The fourth-order valence-electron chi connectivity index (χ4n) is 4.21. The molecular weight excluding hydrogens is 366 g/mol. The van der Waals surface area contributed by atoms with Crippen LogP contribution in [0.2, 0.25) is 0 Å². The van der Waals surface area contributed by atoms with E-state index in [4.69, 9.17) is 4.42 Å². The zero-order valence-corrected chi connectivity index (χ0v) is 17.4. The van der Waals surface area contributed by atoms with Crippen LogP contribution >= 0.6 is 0 Å². The van der Waals surface area contributed by atoms with Crippen molar-refractivity contribution in [2.75, 3.05) is 0 Å². The van der Waals surface area contributed by atoms with Crippen LogP contribution in [0.4, 0.5) is 0 Å². The maximum Gasteiger partial charge on any atom is 0.144 e. The highest BCUT2D eigenvalue weighted by molar-refractivity contribution is 6.09. The van der Waals surface area contributed by atoms with Crippen LogP contribution < -0.4 is 0 Å². The van der Waals surface area contributed by atoms with E-state index >= 15 is 0 Å². The Balaban J connectivity index is 1.59. The Labute approximate surface area is 177 Å². The summed E-state index contributed by atoms with van der Waals surface area (Å²) in [5.41, 5.74) is 7.79. The third-order valence-corrected chi connectivity index (χ3v) is 5.56. The lowest BCUT2D eigenvalue weighted by Gasteiger charge is -2.07. The summed E-state index contributed by atoms with van der Waals surface area (Å²) < 4.78 is 6.32. The average Bonchev–Trinajstić information content (AvgIpc) is 3.12. The van der Waals surface area contributed by atoms with Gasteiger partial charge in [-0.15, -0.1) is 0 Å². The summed E-state index contributed by atoms with van der Waals surface area (Å²) in [6.07, 6.45) is 3.88. The zero-order valence-electron chi connectivity index (χ0n) is 17.4. The van der Waals surface area contributed by atoms with Gasteiger partial charge in [0.25, 0.3) is 0 Å². The van der Waals surface area contributed by atoms with E-state index in [1.165, 1.54) is 22.1 Å². The van der Waals surface area contributed by atoms with Crippen molar-refractivity contribution in [3.8, 4) is 11.3 Å². The number of para-hydroxylation sites is 1. The van der Waals surface area contributed by atoms with Crippen molar-refractivity contribution < 1.29 is 4.42 Å². The largest absolute Gasteiger partial charge is 0.455 e. The molecule has 0 atom stereocenters. The molecule has 2 heterocycles. The van der Waals surface area contributed by atoms with Crippen LogP contribution in [0.3, 0.4) is 0 Å². The van der Waals surface area contributed by atoms with Crippen LogP contribution in [0.5, 0.6) is 0 Å². The van der Waals surface area contributed by atoms with E-state index in [9.17, 15) is 0 Å². The van der Waals surface area contributed by atoms with E-state index in [0.29, 0.717) is 5.92 Å². The van der Waals surface area contributed by atoms with Crippen LogP contribution in [0, 0.1) is 5.92 Å². The number of benzene rings is 3. The van der Waals surface area contributed by atoms with E-state index in [-0.39, 0.29) is 0 Å². The maximum absolute atomic E-state index is 6.32. The lowest BCUT2D eigenvalue weighted by molar-refractivity contribution is 0.647. The van der Waals surface area contributed by atoms with Crippen LogP contribution in [-0.4, -0.2) is 4.98 Å². The summed E-state index contributed by atoms with van der Waals surface area (Å²) >= 11 is 0. The second-order valence-corrected chi connectivity index (χ2v) is 8.42. The van der Waals surface area contributed by atoms with E-state index in [1.54, 1.807) is 0 Å². The van der Waals surface area contributed by atoms with Gasteiger partial charge in [-0.1, -0.05) is 62.4 Å². The fourth-order valence-corrected chi connectivity index (χ4v) is 4.21. The number of fused-ring (bicyclic) bond motifs is 3. The molecule has 5 rings (SSSR count). The normalized spacial score (nSPS) is 11.6. The Morgan fingerprint density at radius 3 is 2.47 bits per heavy atom. The maximum atomic E-state index is 6.32. The quantitative estimate of drug-likeness (QED) is 0.311. The highest BCUT2D eigenvalue weighted by Crippen LogP contribution is 2.36. The monoisotopic (exact) mass is 391 g/mol. The van der Waals surface area contributed by atoms with Crippen LogP contribution in [0.25, 0.3) is 33.2 Å². The predicted octanol–water partition coefficient (Wildman–Crippen LogP) is 7.44. The Kier molecular flexibility index (Phi) is 4.84. The number of furan rings is 1. The van der Waals surface area contributed by atoms with Crippen LogP contribution in [0.15, 0.2) is 89.5 Å². The number of nitrogens with zero attached hydrogens (tertiary/aromatic N) is 1. The van der Waals surface area contributed by atoms with Crippen LogP contribution in [0.1, 0.15) is 30.5 Å². The Morgan fingerprint density at radius 2 is 1.63 bits per heavy atom. The minimum absolute atomic E-state index is 0.616. The Bertz CT molecular complexity index is 1310. The number of rotatable bonds is 5. The lowest BCUT2D eigenvalue weighted by atomic mass is 10.00. The SMILES string of the molecule is CC(C)Cc1ccnc(-c2cccc3c2oc2ccc(Cc4ccccc4)cc23)c1. The van der Waals surface area contributed by atoms with Gasteiger partial charge in [0.05, 0.1) is 5.69 Å². The van der Waals surface area contributed by atoms with Crippen molar-refractivity contribution in [1.82, 2.24) is 4.98 Å². The number of hydrogen-bond donors (Lipinski definition) is 0. The van der Waals surface area contributed by atoms with Gasteiger partial charge in [-0.25, -0.2) is 0 Å². The van der Waals surface area contributed by atoms with Crippen molar-refractivity contribution in [1.29, 1.82) is 0 Å². The Morgan fingerprint density at radius 1 is 0.767 bits per heavy atom. The minimum Gasteiger partial charge on any atom is -0.455 e. The molecule has 0 radical (unpaired) electrons. The molecule has 0 fully saturated rings. The third-order valence-electron chi connectivity index (χ3n) is 5.56. The number of aromatic nitrogens is 1. The van der Waals surface area contributed by atoms with Gasteiger partial charge < -0.3 is 4.42 Å². The summed E-state index contributed by atoms with van der Waals surface area (Å²) in [5, 5.41) is 2.31. The molecule has 0 spiro atoms. The van der Waals surface area contributed by atoms with Crippen molar-refractivity contribution in [2.24, 2.45) is 5.92 Å². The van der Waals surface area contributed by atoms with Gasteiger partial charge in [-0.2, -0.15) is 0 Å². The van der Waals surface area contributed by atoms with Gasteiger partial charge >= 0.3 is 0 Å². The molecule has 2 heteroatoms. The van der Waals surface area contributed by atoms with E-state index in [2.05, 4.69) is 97.7 Å².